The predicted octanol–water partition coefficient (Wildman–Crippen LogP) is 4.36. The largest absolute Gasteiger partial charge is 0.379 e. The van der Waals surface area contributed by atoms with Crippen LogP contribution in [-0.2, 0) is 20.8 Å². The molecule has 8 heteroatoms. The lowest BCUT2D eigenvalue weighted by Crippen LogP contribution is -2.37. The third kappa shape index (κ3) is 5.96. The van der Waals surface area contributed by atoms with Gasteiger partial charge in [-0.2, -0.15) is 0 Å². The molecular weight excluding hydrogens is 516 g/mol. The molecule has 1 unspecified atom stereocenters. The highest BCUT2D eigenvalue weighted by Gasteiger charge is 2.28. The number of nitrogens with zero attached hydrogens (tertiary/aromatic N) is 4. The molecule has 1 amide bonds. The molecule has 0 bridgehead atoms. The first-order valence-corrected chi connectivity index (χ1v) is 15.0. The zero-order chi connectivity index (χ0) is 28.2. The lowest BCUT2D eigenvalue weighted by Gasteiger charge is -2.31. The van der Waals surface area contributed by atoms with Gasteiger partial charge < -0.3 is 18.9 Å². The van der Waals surface area contributed by atoms with Crippen molar-refractivity contribution in [3.63, 3.8) is 0 Å². The van der Waals surface area contributed by atoms with E-state index in [9.17, 15) is 9.59 Å². The molecule has 41 heavy (non-hydrogen) atoms. The predicted molar refractivity (Wildman–Crippen MR) is 163 cm³/mol. The van der Waals surface area contributed by atoms with Crippen molar-refractivity contribution >= 4 is 33.9 Å². The molecule has 216 valence electrons. The maximum Gasteiger partial charge on any atom is 0.253 e. The number of amides is 1. The van der Waals surface area contributed by atoms with Crippen LogP contribution in [-0.4, -0.2) is 74.5 Å². The maximum absolute atomic E-state index is 13.9. The molecule has 0 saturated carbocycles. The zero-order valence-electron chi connectivity index (χ0n) is 24.0. The second-order valence-corrected chi connectivity index (χ2v) is 11.1. The minimum atomic E-state index is -0.00642. The van der Waals surface area contributed by atoms with Gasteiger partial charge >= 0.3 is 0 Å². The molecule has 0 N–H and O–H groups in total. The average Bonchev–Trinajstić information content (AvgIpc) is 3.19. The number of aryl methyl sites for hydroxylation is 1. The number of carbonyl (C=O) groups is 1. The minimum Gasteiger partial charge on any atom is -0.379 e. The fraction of sp³-hybridized carbons (Fsp3) is 0.455. The molecular formula is C33H40N4O4. The smallest absolute Gasteiger partial charge is 0.253 e. The van der Waals surface area contributed by atoms with Crippen LogP contribution >= 0.6 is 0 Å². The summed E-state index contributed by atoms with van der Waals surface area (Å²) in [4.78, 5) is 33.6. The fourth-order valence-electron chi connectivity index (χ4n) is 6.34. The normalized spacial score (nSPS) is 20.8. The second kappa shape index (κ2) is 12.6. The third-order valence-corrected chi connectivity index (χ3v) is 8.60. The van der Waals surface area contributed by atoms with Gasteiger partial charge in [-0.3, -0.25) is 19.4 Å². The Morgan fingerprint density at radius 3 is 2.34 bits per heavy atom. The summed E-state index contributed by atoms with van der Waals surface area (Å²) in [6, 6.07) is 18.1. The number of aromatic nitrogens is 1. The van der Waals surface area contributed by atoms with E-state index >= 15 is 0 Å². The average molecular weight is 557 g/mol. The lowest BCUT2D eigenvalue weighted by atomic mass is 9.97. The summed E-state index contributed by atoms with van der Waals surface area (Å²) in [5, 5.41) is 0.985. The van der Waals surface area contributed by atoms with E-state index in [0.29, 0.717) is 32.1 Å². The van der Waals surface area contributed by atoms with Crippen molar-refractivity contribution in [2.45, 2.75) is 32.7 Å². The SMILES string of the molecule is CCn1c(=O)cc(N2CCOCC2)c2cc(N3C(=O)CCC(CCN4CCOCC4)C=C3c3ccccc3)ccc21. The number of morpholine rings is 2. The zero-order valence-corrected chi connectivity index (χ0v) is 24.0. The summed E-state index contributed by atoms with van der Waals surface area (Å²) in [5.41, 5.74) is 4.61. The lowest BCUT2D eigenvalue weighted by molar-refractivity contribution is -0.117. The first-order chi connectivity index (χ1) is 20.1. The highest BCUT2D eigenvalue weighted by molar-refractivity contribution is 6.08. The summed E-state index contributed by atoms with van der Waals surface area (Å²) in [7, 11) is 0. The number of anilines is 2. The molecule has 3 aromatic rings. The highest BCUT2D eigenvalue weighted by atomic mass is 16.5. The Hall–Kier alpha value is -3.46. The van der Waals surface area contributed by atoms with E-state index in [0.717, 1.165) is 92.3 Å². The van der Waals surface area contributed by atoms with E-state index < -0.39 is 0 Å². The van der Waals surface area contributed by atoms with Gasteiger partial charge in [0.1, 0.15) is 0 Å². The van der Waals surface area contributed by atoms with Crippen molar-refractivity contribution in [2.24, 2.45) is 5.92 Å². The van der Waals surface area contributed by atoms with Crippen LogP contribution < -0.4 is 15.4 Å². The number of fused-ring (bicyclic) bond motifs is 1. The van der Waals surface area contributed by atoms with Crippen molar-refractivity contribution in [3.8, 4) is 0 Å². The van der Waals surface area contributed by atoms with Crippen molar-refractivity contribution < 1.29 is 14.3 Å². The number of rotatable bonds is 7. The first-order valence-electron chi connectivity index (χ1n) is 15.0. The molecule has 2 saturated heterocycles. The number of allylic oxidation sites excluding steroid dienone is 1. The van der Waals surface area contributed by atoms with Gasteiger partial charge in [0.05, 0.1) is 43.3 Å². The van der Waals surface area contributed by atoms with E-state index in [1.165, 1.54) is 0 Å². The quantitative estimate of drug-likeness (QED) is 0.431. The van der Waals surface area contributed by atoms with Crippen LogP contribution in [0.3, 0.4) is 0 Å². The van der Waals surface area contributed by atoms with Crippen LogP contribution in [0.4, 0.5) is 11.4 Å². The Kier molecular flexibility index (Phi) is 8.51. The molecule has 0 spiro atoms. The Balaban J connectivity index is 1.42. The Morgan fingerprint density at radius 2 is 1.61 bits per heavy atom. The van der Waals surface area contributed by atoms with E-state index in [2.05, 4.69) is 34.1 Å². The number of ether oxygens (including phenoxy) is 2. The number of benzene rings is 2. The molecule has 1 atom stereocenters. The van der Waals surface area contributed by atoms with Gasteiger partial charge in [0.15, 0.2) is 0 Å². The highest BCUT2D eigenvalue weighted by Crippen LogP contribution is 2.37. The van der Waals surface area contributed by atoms with Crippen LogP contribution in [0.15, 0.2) is 65.5 Å². The third-order valence-electron chi connectivity index (χ3n) is 8.60. The van der Waals surface area contributed by atoms with Crippen molar-refractivity contribution in [1.82, 2.24) is 9.47 Å². The minimum absolute atomic E-state index is 0.00642. The van der Waals surface area contributed by atoms with Gasteiger partial charge in [0, 0.05) is 56.3 Å². The van der Waals surface area contributed by atoms with Crippen LogP contribution in [0, 0.1) is 5.92 Å². The van der Waals surface area contributed by atoms with Crippen LogP contribution in [0.2, 0.25) is 0 Å². The standard InChI is InChI=1S/C33H40N4O4/c1-2-36-29-10-9-27(23-28(29)31(24-33(36)39)35-16-20-41-21-17-35)37-30(26-6-4-3-5-7-26)22-25(8-11-32(37)38)12-13-34-14-18-40-19-15-34/h3-7,9-10,22-25H,2,8,11-21H2,1H3. The van der Waals surface area contributed by atoms with Gasteiger partial charge in [0.25, 0.3) is 5.56 Å². The maximum atomic E-state index is 13.9. The van der Waals surface area contributed by atoms with Crippen LogP contribution in [0.25, 0.3) is 16.6 Å². The number of hydrogen-bond acceptors (Lipinski definition) is 6. The molecule has 3 aliphatic heterocycles. The van der Waals surface area contributed by atoms with Crippen molar-refractivity contribution in [1.29, 1.82) is 0 Å². The van der Waals surface area contributed by atoms with E-state index in [-0.39, 0.29) is 11.5 Å². The summed E-state index contributed by atoms with van der Waals surface area (Å²) in [6.07, 6.45) is 4.65. The molecule has 2 aromatic carbocycles. The van der Waals surface area contributed by atoms with Gasteiger partial charge in [-0.05, 0) is 56.0 Å². The Morgan fingerprint density at radius 1 is 0.878 bits per heavy atom. The molecule has 3 aliphatic rings. The number of hydrogen-bond donors (Lipinski definition) is 0. The van der Waals surface area contributed by atoms with Crippen molar-refractivity contribution in [3.05, 3.63) is 76.6 Å². The first kappa shape index (κ1) is 27.7. The van der Waals surface area contributed by atoms with Crippen molar-refractivity contribution in [2.75, 3.05) is 69.0 Å². The Labute approximate surface area is 241 Å². The van der Waals surface area contributed by atoms with Gasteiger partial charge in [-0.25, -0.2) is 0 Å². The van der Waals surface area contributed by atoms with Crippen LogP contribution in [0.5, 0.6) is 0 Å². The molecule has 0 radical (unpaired) electrons. The summed E-state index contributed by atoms with van der Waals surface area (Å²) in [5.74, 6) is 0.404. The summed E-state index contributed by atoms with van der Waals surface area (Å²) in [6.45, 7) is 9.85. The monoisotopic (exact) mass is 556 g/mol. The molecule has 0 aliphatic carbocycles. The Bertz CT molecular complexity index is 1460. The van der Waals surface area contributed by atoms with Crippen LogP contribution in [0.1, 0.15) is 31.7 Å². The van der Waals surface area contributed by atoms with Gasteiger partial charge in [0.2, 0.25) is 5.91 Å². The van der Waals surface area contributed by atoms with E-state index in [4.69, 9.17) is 9.47 Å². The van der Waals surface area contributed by atoms with Gasteiger partial charge in [-0.15, -0.1) is 0 Å². The van der Waals surface area contributed by atoms with E-state index in [1.807, 2.05) is 46.7 Å². The fourth-order valence-corrected chi connectivity index (χ4v) is 6.34. The second-order valence-electron chi connectivity index (χ2n) is 11.1. The number of pyridine rings is 1. The summed E-state index contributed by atoms with van der Waals surface area (Å²) >= 11 is 0. The molecule has 1 aromatic heterocycles. The molecule has 8 nitrogen and oxygen atoms in total. The molecule has 6 rings (SSSR count). The van der Waals surface area contributed by atoms with Gasteiger partial charge in [-0.1, -0.05) is 36.4 Å². The summed E-state index contributed by atoms with van der Waals surface area (Å²) < 4.78 is 12.9. The molecule has 2 fully saturated rings. The topological polar surface area (TPSA) is 67.2 Å². The molecule has 4 heterocycles. The van der Waals surface area contributed by atoms with E-state index in [1.54, 1.807) is 6.07 Å². The number of carbonyl (C=O) groups excluding carboxylic acids is 1.